The number of fused-ring (bicyclic) bond motifs is 4. The van der Waals surface area contributed by atoms with Crippen LogP contribution in [0.1, 0.15) is 66.2 Å². The maximum atomic E-state index is 11.8. The van der Waals surface area contributed by atoms with E-state index < -0.39 is 17.6 Å². The number of amides is 3. The summed E-state index contributed by atoms with van der Waals surface area (Å²) in [7, 11) is -3.51. The van der Waals surface area contributed by atoms with Crippen molar-refractivity contribution >= 4 is 41.3 Å². The Morgan fingerprint density at radius 2 is 0.857 bits per heavy atom. The van der Waals surface area contributed by atoms with E-state index in [9.17, 15) is 19.2 Å². The van der Waals surface area contributed by atoms with E-state index >= 15 is 0 Å². The molecule has 0 aliphatic carbocycles. The van der Waals surface area contributed by atoms with Gasteiger partial charge in [-0.3, -0.25) is 19.2 Å². The van der Waals surface area contributed by atoms with Crippen LogP contribution < -0.4 is 43.0 Å². The van der Waals surface area contributed by atoms with E-state index in [2.05, 4.69) is 42.0 Å². The van der Waals surface area contributed by atoms with Crippen LogP contribution in [0, 0.1) is 0 Å². The van der Waals surface area contributed by atoms with Crippen LogP contribution in [0.2, 0.25) is 12.1 Å². The summed E-state index contributed by atoms with van der Waals surface area (Å²) < 4.78 is 40.3. The predicted octanol–water partition coefficient (Wildman–Crippen LogP) is -1.52. The van der Waals surface area contributed by atoms with E-state index in [1.165, 1.54) is 7.11 Å². The van der Waals surface area contributed by atoms with Gasteiger partial charge in [0.1, 0.15) is 0 Å². The van der Waals surface area contributed by atoms with Crippen LogP contribution in [0.25, 0.3) is 0 Å². The van der Waals surface area contributed by atoms with Crippen molar-refractivity contribution in [1.82, 2.24) is 37.2 Å². The number of carbonyl (C=O) groups excluding carboxylic acids is 4. The lowest BCUT2D eigenvalue weighted by molar-refractivity contribution is -0.140. The van der Waals surface area contributed by atoms with Crippen molar-refractivity contribution in [2.75, 3.05) is 85.6 Å². The van der Waals surface area contributed by atoms with Crippen LogP contribution in [0.4, 0.5) is 0 Å². The number of hydrogen-bond acceptors (Lipinski definition) is 16. The van der Waals surface area contributed by atoms with E-state index in [-0.39, 0.29) is 60.3 Å². The van der Waals surface area contributed by atoms with Gasteiger partial charge in [0, 0.05) is 96.8 Å². The average molecular weight is 835 g/mol. The molecule has 0 radical (unpaired) electrons. The van der Waals surface area contributed by atoms with Crippen LogP contribution in [-0.2, 0) is 50.5 Å². The van der Waals surface area contributed by atoms with Crippen LogP contribution >= 0.6 is 0 Å². The van der Waals surface area contributed by atoms with Crippen molar-refractivity contribution in [2.24, 2.45) is 5.73 Å². The summed E-state index contributed by atoms with van der Waals surface area (Å²) in [5, 5.41) is 21.2. The van der Waals surface area contributed by atoms with E-state index in [1.807, 2.05) is 27.7 Å². The van der Waals surface area contributed by atoms with Gasteiger partial charge in [0.05, 0.1) is 50.2 Å². The lowest BCUT2D eigenvalue weighted by atomic mass is 10.1. The molecule has 9 N–H and O–H groups in total. The second-order valence-electron chi connectivity index (χ2n) is 14.4. The fraction of sp³-hybridized carbons (Fsp3) is 0.886. The fourth-order valence-electron chi connectivity index (χ4n) is 6.80. The van der Waals surface area contributed by atoms with Gasteiger partial charge in [-0.05, 0) is 53.6 Å². The molecule has 4 fully saturated rings. The molecule has 324 valence electrons. The van der Waals surface area contributed by atoms with Gasteiger partial charge in [0.15, 0.2) is 0 Å². The molecule has 0 aromatic heterocycles. The normalized spacial score (nSPS) is 28.5. The first-order valence-corrected chi connectivity index (χ1v) is 24.2. The third-order valence-electron chi connectivity index (χ3n) is 9.65. The largest absolute Gasteiger partial charge is 0.502 e. The number of nitrogens with one attached hydrogen (secondary N) is 7. The summed E-state index contributed by atoms with van der Waals surface area (Å²) in [5.74, 6) is -0.235. The monoisotopic (exact) mass is 834 g/mol. The van der Waals surface area contributed by atoms with Crippen molar-refractivity contribution in [3.05, 3.63) is 0 Å². The zero-order chi connectivity index (χ0) is 40.8. The van der Waals surface area contributed by atoms with E-state index in [1.54, 1.807) is 0 Å². The summed E-state index contributed by atoms with van der Waals surface area (Å²) in [4.78, 5) is 45.9. The Morgan fingerprint density at radius 3 is 1.21 bits per heavy atom. The molecule has 56 heavy (non-hydrogen) atoms. The first-order chi connectivity index (χ1) is 26.9. The van der Waals surface area contributed by atoms with Gasteiger partial charge in [-0.1, -0.05) is 0 Å². The summed E-state index contributed by atoms with van der Waals surface area (Å²) in [6.07, 6.45) is 4.11. The Labute approximate surface area is 334 Å². The molecule has 0 aromatic carbocycles. The van der Waals surface area contributed by atoms with Gasteiger partial charge in [-0.25, -0.2) is 0 Å². The van der Waals surface area contributed by atoms with Crippen LogP contribution in [-0.4, -0.2) is 164 Å². The Hall–Kier alpha value is -2.13. The highest BCUT2D eigenvalue weighted by Gasteiger charge is 2.61. The molecule has 4 saturated heterocycles. The van der Waals surface area contributed by atoms with E-state index in [4.69, 9.17) is 32.3 Å². The van der Waals surface area contributed by atoms with Crippen LogP contribution in [0.3, 0.4) is 0 Å². The molecule has 0 spiro atoms. The summed E-state index contributed by atoms with van der Waals surface area (Å²) >= 11 is 0. The average Bonchev–Trinajstić information content (AvgIpc) is 3.88. The minimum absolute atomic E-state index is 0.0114. The number of nitrogens with two attached hydrogens (primary N) is 1. The fourth-order valence-corrected chi connectivity index (χ4v) is 13.5. The molecule has 4 heterocycles. The van der Waals surface area contributed by atoms with Gasteiger partial charge in [0.25, 0.3) is 0 Å². The second kappa shape index (κ2) is 26.1. The molecule has 4 rings (SSSR count). The molecule has 3 amide bonds. The minimum atomic E-state index is -2.44. The summed E-state index contributed by atoms with van der Waals surface area (Å²) in [6.45, 7) is 15.5. The maximum Gasteiger partial charge on any atom is 0.502 e. The van der Waals surface area contributed by atoms with Crippen molar-refractivity contribution in [1.29, 1.82) is 0 Å². The minimum Gasteiger partial charge on any atom is -0.469 e. The number of rotatable bonds is 28. The highest BCUT2D eigenvalue weighted by molar-refractivity contribution is 6.62. The molecule has 4 aliphatic rings. The molecule has 0 saturated carbocycles. The Balaban J connectivity index is 0.000000301. The Kier molecular flexibility index (Phi) is 22.5. The van der Waals surface area contributed by atoms with Crippen LogP contribution in [0.5, 0.6) is 0 Å². The molecular weight excluding hydrogens is 765 g/mol. The van der Waals surface area contributed by atoms with Gasteiger partial charge < -0.3 is 74.2 Å². The number of carbonyl (C=O) groups is 4. The van der Waals surface area contributed by atoms with E-state index in [0.29, 0.717) is 91.1 Å². The lowest BCUT2D eigenvalue weighted by Gasteiger charge is -2.26. The van der Waals surface area contributed by atoms with Gasteiger partial charge in [-0.2, -0.15) is 0 Å². The molecular formula is C35H70N8O11Si2. The molecule has 4 unspecified atom stereocenters. The zero-order valence-electron chi connectivity index (χ0n) is 34.2. The predicted molar refractivity (Wildman–Crippen MR) is 212 cm³/mol. The Morgan fingerprint density at radius 1 is 0.500 bits per heavy atom. The van der Waals surface area contributed by atoms with Gasteiger partial charge in [-0.15, -0.1) is 0 Å². The van der Waals surface area contributed by atoms with Crippen molar-refractivity contribution in [3.63, 3.8) is 0 Å². The quantitative estimate of drug-likeness (QED) is 0.0254. The summed E-state index contributed by atoms with van der Waals surface area (Å²) in [6, 6.07) is 1.63. The van der Waals surface area contributed by atoms with Crippen LogP contribution in [0.15, 0.2) is 0 Å². The van der Waals surface area contributed by atoms with Gasteiger partial charge in [0.2, 0.25) is 17.7 Å². The zero-order valence-corrected chi connectivity index (χ0v) is 36.2. The molecule has 19 nitrogen and oxygen atoms in total. The summed E-state index contributed by atoms with van der Waals surface area (Å²) in [5.41, 5.74) is 5.32. The van der Waals surface area contributed by atoms with Crippen molar-refractivity contribution < 1.29 is 50.5 Å². The van der Waals surface area contributed by atoms with Crippen molar-refractivity contribution in [2.45, 2.75) is 115 Å². The lowest BCUT2D eigenvalue weighted by Crippen LogP contribution is -2.44. The smallest absolute Gasteiger partial charge is 0.469 e. The topological polar surface area (TPSA) is 243 Å². The third-order valence-corrected chi connectivity index (χ3v) is 15.8. The van der Waals surface area contributed by atoms with Crippen molar-refractivity contribution in [3.8, 4) is 0 Å². The highest BCUT2D eigenvalue weighted by atomic mass is 28.4. The first-order valence-electron chi connectivity index (χ1n) is 20.4. The highest BCUT2D eigenvalue weighted by Crippen LogP contribution is 2.41. The van der Waals surface area contributed by atoms with E-state index in [0.717, 1.165) is 38.0 Å². The second-order valence-corrected chi connectivity index (χ2v) is 19.6. The number of esters is 1. The maximum absolute atomic E-state index is 11.8. The van der Waals surface area contributed by atoms with Gasteiger partial charge >= 0.3 is 23.6 Å². The SMILES string of the molecule is CC1O[Si]2(CCCNCCC(=O)NCCNCCC(=O)NCCN)OC(C)C1O2.COC(=O)CCNCCNC(=O)CCNCCC[Si]12OC(C)C(O1)C(C)O2. The first kappa shape index (κ1) is 48.2. The number of hydrogen-bond donors (Lipinski definition) is 8. The number of methoxy groups -OCH3 is 1. The molecule has 4 bridgehead atoms. The Bertz CT molecular complexity index is 1170. The standard InChI is InChI=1S/C18H37N5O5Si.C17H33N3O6Si/c1-14-18-15(2)27-29(26-14,28-18)13-3-7-20-8-4-17(25)23-12-11-21-9-5-16(24)22-10-6-19;1-13-17-14(2)25-27(24-13,26-17)12-4-7-18-8-5-15(21)20-11-10-19-9-6-16(22)23-3/h14-15,18,20-21H,3-13,19H2,1-2H3,(H,22,24)(H,23,25);13-14,17-19H,4-12H2,1-3H3,(H,20,21). The number of ether oxygens (including phenoxy) is 1. The molecule has 4 aliphatic heterocycles. The molecule has 0 aromatic rings. The molecule has 4 atom stereocenters. The third kappa shape index (κ3) is 17.4. The molecule has 21 heteroatoms.